The molecule has 3 heteroatoms. The Hall–Kier alpha value is -2.16. The molecular weight excluding hydrogens is 262 g/mol. The molecule has 1 aliphatic rings. The number of hydrogen-bond donors (Lipinski definition) is 2. The minimum atomic E-state index is 0.348. The molecule has 0 bridgehead atoms. The minimum Gasteiger partial charge on any atom is -0.508 e. The van der Waals surface area contributed by atoms with Crippen molar-refractivity contribution < 1.29 is 9.84 Å². The first-order chi connectivity index (χ1) is 10.2. The van der Waals surface area contributed by atoms with E-state index in [9.17, 15) is 5.11 Å². The minimum absolute atomic E-state index is 0.348. The van der Waals surface area contributed by atoms with Gasteiger partial charge in [-0.2, -0.15) is 0 Å². The molecule has 21 heavy (non-hydrogen) atoms. The quantitative estimate of drug-likeness (QED) is 0.831. The number of anilines is 1. The number of phenols is 1. The summed E-state index contributed by atoms with van der Waals surface area (Å²) in [6.45, 7) is 1.92. The molecule has 3 nitrogen and oxygen atoms in total. The van der Waals surface area contributed by atoms with Crippen molar-refractivity contribution >= 4 is 5.69 Å². The monoisotopic (exact) mass is 283 g/mol. The third-order valence-corrected chi connectivity index (χ3v) is 4.28. The van der Waals surface area contributed by atoms with E-state index in [4.69, 9.17) is 4.74 Å². The zero-order valence-corrected chi connectivity index (χ0v) is 12.5. The number of ether oxygens (including phenoxy) is 1. The second-order valence-corrected chi connectivity index (χ2v) is 5.75. The van der Waals surface area contributed by atoms with Crippen molar-refractivity contribution in [2.75, 3.05) is 12.4 Å². The SMILES string of the molecule is COc1ccccc1C1CC(Nc2ccc(O)c(C)c2)C1. The molecule has 0 aromatic heterocycles. The lowest BCUT2D eigenvalue weighted by Crippen LogP contribution is -2.34. The van der Waals surface area contributed by atoms with Crippen LogP contribution in [-0.2, 0) is 0 Å². The number of aromatic hydroxyl groups is 1. The van der Waals surface area contributed by atoms with Crippen molar-refractivity contribution in [1.29, 1.82) is 0 Å². The highest BCUT2D eigenvalue weighted by Crippen LogP contribution is 2.42. The van der Waals surface area contributed by atoms with Crippen molar-refractivity contribution in [3.8, 4) is 11.5 Å². The molecule has 2 aromatic carbocycles. The Kier molecular flexibility index (Phi) is 3.74. The molecule has 1 fully saturated rings. The van der Waals surface area contributed by atoms with Gasteiger partial charge in [-0.15, -0.1) is 0 Å². The van der Waals surface area contributed by atoms with Crippen LogP contribution in [0.1, 0.15) is 29.9 Å². The van der Waals surface area contributed by atoms with Gasteiger partial charge in [-0.05, 0) is 61.1 Å². The van der Waals surface area contributed by atoms with Crippen LogP contribution in [-0.4, -0.2) is 18.3 Å². The average Bonchev–Trinajstić information content (AvgIpc) is 2.46. The van der Waals surface area contributed by atoms with Crippen LogP contribution < -0.4 is 10.1 Å². The van der Waals surface area contributed by atoms with E-state index in [1.54, 1.807) is 13.2 Å². The van der Waals surface area contributed by atoms with Gasteiger partial charge in [0.15, 0.2) is 0 Å². The zero-order valence-electron chi connectivity index (χ0n) is 12.5. The Morgan fingerprint density at radius 2 is 1.90 bits per heavy atom. The summed E-state index contributed by atoms with van der Waals surface area (Å²) in [5.41, 5.74) is 3.29. The van der Waals surface area contributed by atoms with Gasteiger partial charge in [-0.3, -0.25) is 0 Å². The van der Waals surface area contributed by atoms with Gasteiger partial charge in [-0.25, -0.2) is 0 Å². The van der Waals surface area contributed by atoms with Crippen molar-refractivity contribution in [3.05, 3.63) is 53.6 Å². The van der Waals surface area contributed by atoms with E-state index in [0.29, 0.717) is 17.7 Å². The van der Waals surface area contributed by atoms with Crippen LogP contribution in [0.2, 0.25) is 0 Å². The van der Waals surface area contributed by atoms with Crippen LogP contribution in [0.5, 0.6) is 11.5 Å². The van der Waals surface area contributed by atoms with E-state index < -0.39 is 0 Å². The number of para-hydroxylation sites is 1. The van der Waals surface area contributed by atoms with Gasteiger partial charge in [0.05, 0.1) is 7.11 Å². The van der Waals surface area contributed by atoms with Gasteiger partial charge >= 0.3 is 0 Å². The maximum absolute atomic E-state index is 9.56. The number of methoxy groups -OCH3 is 1. The number of phenolic OH excluding ortho intramolecular Hbond substituents is 1. The fourth-order valence-corrected chi connectivity index (χ4v) is 2.97. The second kappa shape index (κ2) is 5.68. The van der Waals surface area contributed by atoms with Crippen molar-refractivity contribution in [1.82, 2.24) is 0 Å². The fourth-order valence-electron chi connectivity index (χ4n) is 2.97. The molecule has 0 unspecified atom stereocenters. The lowest BCUT2D eigenvalue weighted by molar-refractivity contribution is 0.349. The number of rotatable bonds is 4. The third-order valence-electron chi connectivity index (χ3n) is 4.28. The van der Waals surface area contributed by atoms with Crippen molar-refractivity contribution in [2.45, 2.75) is 31.7 Å². The molecule has 0 radical (unpaired) electrons. The van der Waals surface area contributed by atoms with Crippen LogP contribution in [0.25, 0.3) is 0 Å². The molecule has 0 saturated heterocycles. The molecule has 0 aliphatic heterocycles. The lowest BCUT2D eigenvalue weighted by Gasteiger charge is -2.37. The maximum Gasteiger partial charge on any atom is 0.122 e. The van der Waals surface area contributed by atoms with Crippen molar-refractivity contribution in [3.63, 3.8) is 0 Å². The summed E-state index contributed by atoms with van der Waals surface area (Å²) in [4.78, 5) is 0. The first-order valence-electron chi connectivity index (χ1n) is 7.36. The molecular formula is C18H21NO2. The van der Waals surface area contributed by atoms with Crippen LogP contribution in [0.4, 0.5) is 5.69 Å². The molecule has 1 saturated carbocycles. The summed E-state index contributed by atoms with van der Waals surface area (Å²) in [7, 11) is 1.73. The second-order valence-electron chi connectivity index (χ2n) is 5.75. The average molecular weight is 283 g/mol. The van der Waals surface area contributed by atoms with Crippen LogP contribution in [0, 0.1) is 6.92 Å². The van der Waals surface area contributed by atoms with Crippen LogP contribution in [0.15, 0.2) is 42.5 Å². The van der Waals surface area contributed by atoms with E-state index >= 15 is 0 Å². The third kappa shape index (κ3) is 2.82. The zero-order chi connectivity index (χ0) is 14.8. The summed E-state index contributed by atoms with van der Waals surface area (Å²) in [6.07, 6.45) is 2.22. The molecule has 2 aromatic rings. The highest BCUT2D eigenvalue weighted by Gasteiger charge is 2.31. The van der Waals surface area contributed by atoms with Gasteiger partial charge < -0.3 is 15.2 Å². The summed E-state index contributed by atoms with van der Waals surface area (Å²) in [6, 6.07) is 14.4. The van der Waals surface area contributed by atoms with E-state index in [2.05, 4.69) is 17.4 Å². The molecule has 0 amide bonds. The van der Waals surface area contributed by atoms with Gasteiger partial charge in [-0.1, -0.05) is 18.2 Å². The molecule has 0 atom stereocenters. The molecule has 1 aliphatic carbocycles. The number of benzene rings is 2. The van der Waals surface area contributed by atoms with Gasteiger partial charge in [0.1, 0.15) is 11.5 Å². The normalized spacial score (nSPS) is 20.7. The first kappa shape index (κ1) is 13.8. The Balaban J connectivity index is 1.62. The number of aryl methyl sites for hydroxylation is 1. The van der Waals surface area contributed by atoms with E-state index in [-0.39, 0.29) is 0 Å². The Labute approximate surface area is 125 Å². The number of nitrogens with one attached hydrogen (secondary N) is 1. The molecule has 110 valence electrons. The summed E-state index contributed by atoms with van der Waals surface area (Å²) in [5.74, 6) is 1.90. The standard InChI is InChI=1S/C18H21NO2/c1-12-9-14(7-8-17(12)20)19-15-10-13(11-15)16-5-3-4-6-18(16)21-2/h3-9,13,15,19-20H,10-11H2,1-2H3. The highest BCUT2D eigenvalue weighted by molar-refractivity contribution is 5.51. The highest BCUT2D eigenvalue weighted by atomic mass is 16.5. The van der Waals surface area contributed by atoms with Gasteiger partial charge in [0, 0.05) is 11.7 Å². The first-order valence-corrected chi connectivity index (χ1v) is 7.36. The Morgan fingerprint density at radius 1 is 1.14 bits per heavy atom. The summed E-state index contributed by atoms with van der Waals surface area (Å²) < 4.78 is 5.44. The molecule has 3 rings (SSSR count). The molecule has 0 spiro atoms. The summed E-state index contributed by atoms with van der Waals surface area (Å²) in [5, 5.41) is 13.1. The Bertz CT molecular complexity index is 633. The van der Waals surface area contributed by atoms with Crippen LogP contribution in [0.3, 0.4) is 0 Å². The Morgan fingerprint density at radius 3 is 2.62 bits per heavy atom. The predicted molar refractivity (Wildman–Crippen MR) is 85.2 cm³/mol. The smallest absolute Gasteiger partial charge is 0.122 e. The largest absolute Gasteiger partial charge is 0.508 e. The van der Waals surface area contributed by atoms with Crippen molar-refractivity contribution in [2.24, 2.45) is 0 Å². The molecule has 0 heterocycles. The molecule has 2 N–H and O–H groups in total. The van der Waals surface area contributed by atoms with Gasteiger partial charge in [0.25, 0.3) is 0 Å². The van der Waals surface area contributed by atoms with E-state index in [0.717, 1.165) is 29.8 Å². The predicted octanol–water partition coefficient (Wildman–Crippen LogP) is 4.07. The maximum atomic E-state index is 9.56. The van der Waals surface area contributed by atoms with Gasteiger partial charge in [0.2, 0.25) is 0 Å². The van der Waals surface area contributed by atoms with E-state index in [1.165, 1.54) is 5.56 Å². The topological polar surface area (TPSA) is 41.5 Å². The van der Waals surface area contributed by atoms with Crippen LogP contribution >= 0.6 is 0 Å². The summed E-state index contributed by atoms with van der Waals surface area (Å²) >= 11 is 0. The fraction of sp³-hybridized carbons (Fsp3) is 0.333. The lowest BCUT2D eigenvalue weighted by atomic mass is 9.75. The number of hydrogen-bond acceptors (Lipinski definition) is 3. The van der Waals surface area contributed by atoms with E-state index in [1.807, 2.05) is 31.2 Å².